The van der Waals surface area contributed by atoms with Crippen molar-refractivity contribution in [3.05, 3.63) is 75.8 Å². The van der Waals surface area contributed by atoms with Gasteiger partial charge in [0.2, 0.25) is 15.9 Å². The summed E-state index contributed by atoms with van der Waals surface area (Å²) in [5.74, 6) is -0.346. The maximum Gasteiger partial charge on any atom is 0.243 e. The van der Waals surface area contributed by atoms with E-state index in [0.717, 1.165) is 23.6 Å². The monoisotopic (exact) mass is 480 g/mol. The second-order valence-corrected chi connectivity index (χ2v) is 10.3. The van der Waals surface area contributed by atoms with Crippen molar-refractivity contribution in [3.63, 3.8) is 0 Å². The predicted octanol–water partition coefficient (Wildman–Crippen LogP) is 5.19. The van der Waals surface area contributed by atoms with Crippen LogP contribution in [-0.4, -0.2) is 31.7 Å². The second-order valence-electron chi connectivity index (χ2n) is 7.53. The molecule has 8 heteroatoms. The Labute approximate surface area is 194 Å². The van der Waals surface area contributed by atoms with Gasteiger partial charge in [-0.2, -0.15) is 4.31 Å². The molecule has 1 N–H and O–H groups in total. The Hall–Kier alpha value is -1.86. The van der Waals surface area contributed by atoms with Crippen molar-refractivity contribution in [2.45, 2.75) is 43.5 Å². The van der Waals surface area contributed by atoms with Crippen LogP contribution in [0.1, 0.15) is 37.7 Å². The number of rotatable bonds is 9. The van der Waals surface area contributed by atoms with E-state index in [0.29, 0.717) is 22.2 Å². The van der Waals surface area contributed by atoms with Gasteiger partial charge in [-0.15, -0.1) is 0 Å². The van der Waals surface area contributed by atoms with E-state index in [1.54, 1.807) is 36.4 Å². The number of hydrogen-bond donors (Lipinski definition) is 1. The van der Waals surface area contributed by atoms with Gasteiger partial charge in [-0.25, -0.2) is 8.42 Å². The molecule has 2 aromatic rings. The highest BCUT2D eigenvalue weighted by Gasteiger charge is 2.27. The number of hydrogen-bond acceptors (Lipinski definition) is 3. The van der Waals surface area contributed by atoms with Gasteiger partial charge in [-0.05, 0) is 61.9 Å². The van der Waals surface area contributed by atoms with E-state index < -0.39 is 10.0 Å². The van der Waals surface area contributed by atoms with Gasteiger partial charge in [-0.1, -0.05) is 59.1 Å². The molecule has 0 radical (unpaired) electrons. The third kappa shape index (κ3) is 6.81. The lowest BCUT2D eigenvalue weighted by molar-refractivity contribution is -0.121. The molecule has 31 heavy (non-hydrogen) atoms. The highest BCUT2D eigenvalue weighted by atomic mass is 35.5. The summed E-state index contributed by atoms with van der Waals surface area (Å²) < 4.78 is 27.6. The van der Waals surface area contributed by atoms with E-state index >= 15 is 0 Å². The van der Waals surface area contributed by atoms with Crippen molar-refractivity contribution in [1.29, 1.82) is 0 Å². The fourth-order valence-electron chi connectivity index (χ4n) is 3.52. The molecule has 166 valence electrons. The third-order valence-electron chi connectivity index (χ3n) is 5.22. The van der Waals surface area contributed by atoms with Crippen LogP contribution in [0.5, 0.6) is 0 Å². The molecule has 0 unspecified atom stereocenters. The maximum atomic E-state index is 13.2. The van der Waals surface area contributed by atoms with Crippen LogP contribution < -0.4 is 5.32 Å². The van der Waals surface area contributed by atoms with Crippen LogP contribution in [-0.2, 0) is 21.4 Å². The number of carbonyl (C=O) groups excluding carboxylic acids is 1. The summed E-state index contributed by atoms with van der Waals surface area (Å²) in [4.78, 5) is 12.7. The zero-order valence-corrected chi connectivity index (χ0v) is 19.5. The van der Waals surface area contributed by atoms with Crippen LogP contribution in [0.2, 0.25) is 10.0 Å². The van der Waals surface area contributed by atoms with Crippen molar-refractivity contribution < 1.29 is 13.2 Å². The van der Waals surface area contributed by atoms with Crippen molar-refractivity contribution in [2.24, 2.45) is 0 Å². The van der Waals surface area contributed by atoms with Gasteiger partial charge in [0.15, 0.2) is 0 Å². The molecule has 1 aliphatic rings. The van der Waals surface area contributed by atoms with Crippen LogP contribution in [0, 0.1) is 0 Å². The molecule has 0 bridgehead atoms. The zero-order chi connectivity index (χ0) is 22.3. The number of sulfonamides is 1. The van der Waals surface area contributed by atoms with Gasteiger partial charge in [0, 0.05) is 23.1 Å². The smallest absolute Gasteiger partial charge is 0.243 e. The van der Waals surface area contributed by atoms with Gasteiger partial charge in [-0.3, -0.25) is 4.79 Å². The number of allylic oxidation sites excluding steroid dienone is 1. The predicted molar refractivity (Wildman–Crippen MR) is 125 cm³/mol. The summed E-state index contributed by atoms with van der Waals surface area (Å²) >= 11 is 12.2. The van der Waals surface area contributed by atoms with Crippen molar-refractivity contribution in [2.75, 3.05) is 13.1 Å². The average molecular weight is 481 g/mol. The Kier molecular flexibility index (Phi) is 8.55. The number of halogens is 2. The standard InChI is InChI=1S/C23H26Cl2N2O3S/c24-20-12-11-19(22(25)15-20)16-27(31(29,30)21-9-5-2-6-10-21)17-23(28)26-14-13-18-7-3-1-4-8-18/h2,5-7,9-12,15H,1,3-4,8,13-14,16-17H2,(H,26,28). The quantitative estimate of drug-likeness (QED) is 0.502. The third-order valence-corrected chi connectivity index (χ3v) is 7.61. The van der Waals surface area contributed by atoms with Gasteiger partial charge < -0.3 is 5.32 Å². The Morgan fingerprint density at radius 2 is 1.84 bits per heavy atom. The van der Waals surface area contributed by atoms with Crippen molar-refractivity contribution in [3.8, 4) is 0 Å². The minimum atomic E-state index is -3.90. The first-order chi connectivity index (χ1) is 14.9. The highest BCUT2D eigenvalue weighted by molar-refractivity contribution is 7.89. The molecule has 5 nitrogen and oxygen atoms in total. The fraction of sp³-hybridized carbons (Fsp3) is 0.348. The molecule has 2 aromatic carbocycles. The SMILES string of the molecule is O=C(CN(Cc1ccc(Cl)cc1Cl)S(=O)(=O)c1ccccc1)NCCC1=CCCCC1. The van der Waals surface area contributed by atoms with Crippen LogP contribution >= 0.6 is 23.2 Å². The first-order valence-corrected chi connectivity index (χ1v) is 12.5. The van der Waals surface area contributed by atoms with E-state index in [9.17, 15) is 13.2 Å². The van der Waals surface area contributed by atoms with E-state index in [1.807, 2.05) is 0 Å². The van der Waals surface area contributed by atoms with E-state index in [1.165, 1.54) is 30.5 Å². The topological polar surface area (TPSA) is 66.5 Å². The minimum absolute atomic E-state index is 0.0359. The summed E-state index contributed by atoms with van der Waals surface area (Å²) in [5.41, 5.74) is 1.93. The molecule has 3 rings (SSSR count). The Morgan fingerprint density at radius 1 is 1.06 bits per heavy atom. The van der Waals surface area contributed by atoms with Crippen LogP contribution in [0.3, 0.4) is 0 Å². The first-order valence-electron chi connectivity index (χ1n) is 10.3. The second kappa shape index (κ2) is 11.1. The molecule has 0 saturated heterocycles. The molecule has 0 saturated carbocycles. The van der Waals surface area contributed by atoms with Crippen LogP contribution in [0.4, 0.5) is 0 Å². The summed E-state index contributed by atoms with van der Waals surface area (Å²) in [6.45, 7) is 0.159. The van der Waals surface area contributed by atoms with Crippen LogP contribution in [0.25, 0.3) is 0 Å². The summed E-state index contributed by atoms with van der Waals surface area (Å²) in [6, 6.07) is 12.9. The first kappa shape index (κ1) is 23.8. The number of amides is 1. The molecule has 1 amide bonds. The lowest BCUT2D eigenvalue weighted by Gasteiger charge is -2.23. The summed E-state index contributed by atoms with van der Waals surface area (Å²) in [6.07, 6.45) is 7.60. The molecule has 0 aromatic heterocycles. The minimum Gasteiger partial charge on any atom is -0.355 e. The molecule has 0 heterocycles. The molecule has 0 fully saturated rings. The Balaban J connectivity index is 1.73. The summed E-state index contributed by atoms with van der Waals surface area (Å²) in [7, 11) is -3.90. The lowest BCUT2D eigenvalue weighted by Crippen LogP contribution is -2.40. The van der Waals surface area contributed by atoms with Crippen molar-refractivity contribution >= 4 is 39.1 Å². The van der Waals surface area contributed by atoms with Crippen LogP contribution in [0.15, 0.2) is 65.1 Å². The number of benzene rings is 2. The highest BCUT2D eigenvalue weighted by Crippen LogP contribution is 2.25. The van der Waals surface area contributed by atoms with Crippen molar-refractivity contribution in [1.82, 2.24) is 9.62 Å². The summed E-state index contributed by atoms with van der Waals surface area (Å²) in [5, 5.41) is 3.66. The number of nitrogens with one attached hydrogen (secondary N) is 1. The van der Waals surface area contributed by atoms with Gasteiger partial charge in [0.05, 0.1) is 11.4 Å². The molecule has 1 aliphatic carbocycles. The fourth-order valence-corrected chi connectivity index (χ4v) is 5.38. The largest absolute Gasteiger partial charge is 0.355 e. The average Bonchev–Trinajstić information content (AvgIpc) is 2.76. The zero-order valence-electron chi connectivity index (χ0n) is 17.2. The van der Waals surface area contributed by atoms with Gasteiger partial charge >= 0.3 is 0 Å². The lowest BCUT2D eigenvalue weighted by atomic mass is 9.97. The van der Waals surface area contributed by atoms with E-state index in [-0.39, 0.29) is 23.9 Å². The van der Waals surface area contributed by atoms with E-state index in [2.05, 4.69) is 11.4 Å². The van der Waals surface area contributed by atoms with Gasteiger partial charge in [0.1, 0.15) is 0 Å². The number of nitrogens with zero attached hydrogens (tertiary/aromatic N) is 1. The normalized spacial score (nSPS) is 14.4. The van der Waals surface area contributed by atoms with E-state index in [4.69, 9.17) is 23.2 Å². The molecule has 0 aliphatic heterocycles. The molecule has 0 atom stereocenters. The maximum absolute atomic E-state index is 13.2. The Bertz CT molecular complexity index is 1040. The van der Waals surface area contributed by atoms with Gasteiger partial charge in [0.25, 0.3) is 0 Å². The Morgan fingerprint density at radius 3 is 2.52 bits per heavy atom. The molecular weight excluding hydrogens is 455 g/mol. The number of carbonyl (C=O) groups is 1. The molecule has 0 spiro atoms. The molecular formula is C23H26Cl2N2O3S.